The zero-order valence-corrected chi connectivity index (χ0v) is 22.3. The molecule has 180 valence electrons. The number of aromatic nitrogens is 1. The minimum Gasteiger partial charge on any atom is -0.457 e. The SMILES string of the molecule is Cc1ccccc1-c1cnc2c(c1)Oc1c3c(cc4c1B2c1sc2ccc(C(C)(C)C)cc2c1O4)CC3. The van der Waals surface area contributed by atoms with Gasteiger partial charge >= 0.3 is 0 Å². The van der Waals surface area contributed by atoms with Gasteiger partial charge in [-0.05, 0) is 77.3 Å². The van der Waals surface area contributed by atoms with Crippen molar-refractivity contribution in [2.75, 3.05) is 0 Å². The molecule has 0 N–H and O–H groups in total. The Bertz CT molecular complexity index is 1800. The maximum Gasteiger partial charge on any atom is 0.296 e. The largest absolute Gasteiger partial charge is 0.457 e. The van der Waals surface area contributed by atoms with Crippen LogP contribution in [0.25, 0.3) is 21.2 Å². The van der Waals surface area contributed by atoms with Gasteiger partial charge in [0.25, 0.3) is 6.71 Å². The zero-order valence-electron chi connectivity index (χ0n) is 21.4. The molecular weight excluding hydrogens is 473 g/mol. The number of aryl methyl sites for hydroxylation is 2. The van der Waals surface area contributed by atoms with Gasteiger partial charge < -0.3 is 9.47 Å². The van der Waals surface area contributed by atoms with Gasteiger partial charge in [-0.25, -0.2) is 0 Å². The number of fused-ring (bicyclic) bond motifs is 8. The highest BCUT2D eigenvalue weighted by Gasteiger charge is 2.45. The molecule has 0 saturated carbocycles. The molecule has 4 heterocycles. The van der Waals surface area contributed by atoms with Crippen LogP contribution in [0.3, 0.4) is 0 Å². The molecule has 8 rings (SSSR count). The Morgan fingerprint density at radius 2 is 1.76 bits per heavy atom. The first kappa shape index (κ1) is 21.5. The van der Waals surface area contributed by atoms with Gasteiger partial charge in [0, 0.05) is 32.1 Å². The lowest BCUT2D eigenvalue weighted by molar-refractivity contribution is 0.455. The van der Waals surface area contributed by atoms with E-state index in [0.29, 0.717) is 0 Å². The number of thiophene rings is 1. The van der Waals surface area contributed by atoms with Gasteiger partial charge in [0.15, 0.2) is 0 Å². The van der Waals surface area contributed by atoms with Crippen molar-refractivity contribution in [3.05, 3.63) is 83.0 Å². The monoisotopic (exact) mass is 499 g/mol. The van der Waals surface area contributed by atoms with E-state index in [1.807, 2.05) is 17.5 Å². The smallest absolute Gasteiger partial charge is 0.296 e. The van der Waals surface area contributed by atoms with Crippen molar-refractivity contribution in [3.8, 4) is 34.1 Å². The van der Waals surface area contributed by atoms with Crippen LogP contribution in [0.1, 0.15) is 43.0 Å². The minimum absolute atomic E-state index is 0.0183. The predicted molar refractivity (Wildman–Crippen MR) is 154 cm³/mol. The first-order valence-corrected chi connectivity index (χ1v) is 13.9. The molecule has 2 aliphatic heterocycles. The Balaban J connectivity index is 1.38. The fourth-order valence-electron chi connectivity index (χ4n) is 6.06. The first-order valence-electron chi connectivity index (χ1n) is 13.0. The zero-order chi connectivity index (χ0) is 25.1. The summed E-state index contributed by atoms with van der Waals surface area (Å²) < 4.78 is 15.9. The van der Waals surface area contributed by atoms with Crippen molar-refractivity contribution in [2.24, 2.45) is 0 Å². The minimum atomic E-state index is 0.0183. The van der Waals surface area contributed by atoms with Crippen LogP contribution in [0.2, 0.25) is 0 Å². The van der Waals surface area contributed by atoms with Crippen molar-refractivity contribution in [2.45, 2.75) is 46.0 Å². The van der Waals surface area contributed by atoms with E-state index in [-0.39, 0.29) is 12.1 Å². The molecule has 37 heavy (non-hydrogen) atoms. The summed E-state index contributed by atoms with van der Waals surface area (Å²) in [5, 5.41) is 1.20. The third-order valence-electron chi connectivity index (χ3n) is 8.24. The number of hydrogen-bond donors (Lipinski definition) is 0. The lowest BCUT2D eigenvalue weighted by Crippen LogP contribution is -2.58. The van der Waals surface area contributed by atoms with Crippen LogP contribution in [-0.2, 0) is 18.3 Å². The third-order valence-corrected chi connectivity index (χ3v) is 9.46. The molecule has 5 heteroatoms. The maximum absolute atomic E-state index is 6.74. The van der Waals surface area contributed by atoms with E-state index >= 15 is 0 Å². The predicted octanol–water partition coefficient (Wildman–Crippen LogP) is 6.40. The molecule has 0 radical (unpaired) electrons. The Morgan fingerprint density at radius 3 is 2.54 bits per heavy atom. The summed E-state index contributed by atoms with van der Waals surface area (Å²) in [4.78, 5) is 5.08. The molecular formula is C32H26BNO2S. The standard InChI is InChI=1S/C32H26BNO2S/c1-17-7-5-6-8-21(17)19-14-25-30(34-16-19)33-27-24(13-18-9-11-22(18)28(27)36-25)35-29-23-15-20(32(2,3)4)10-12-26(23)37-31(29)33/h5-8,10,12-16H,9,11H2,1-4H3. The number of rotatable bonds is 1. The summed E-state index contributed by atoms with van der Waals surface area (Å²) in [6.07, 6.45) is 4.14. The molecule has 0 amide bonds. The van der Waals surface area contributed by atoms with Crippen molar-refractivity contribution in [1.29, 1.82) is 0 Å². The second-order valence-corrected chi connectivity index (χ2v) is 12.7. The van der Waals surface area contributed by atoms with Gasteiger partial charge in [0.1, 0.15) is 23.0 Å². The number of benzene rings is 3. The Labute approximate surface area is 221 Å². The van der Waals surface area contributed by atoms with Crippen LogP contribution in [-0.4, -0.2) is 11.7 Å². The van der Waals surface area contributed by atoms with E-state index in [2.05, 4.69) is 82.3 Å². The average Bonchev–Trinajstić information content (AvgIpc) is 3.23. The summed E-state index contributed by atoms with van der Waals surface area (Å²) in [6, 6.07) is 19.8. The van der Waals surface area contributed by atoms with Gasteiger partial charge in [-0.1, -0.05) is 51.1 Å². The summed E-state index contributed by atoms with van der Waals surface area (Å²) in [7, 11) is 0. The van der Waals surface area contributed by atoms with Crippen molar-refractivity contribution in [3.63, 3.8) is 0 Å². The summed E-state index contributed by atoms with van der Waals surface area (Å²) >= 11 is 1.83. The fraction of sp³-hybridized carbons (Fsp3) is 0.219. The van der Waals surface area contributed by atoms with E-state index in [1.165, 1.54) is 42.7 Å². The lowest BCUT2D eigenvalue weighted by Gasteiger charge is -2.35. The molecule has 0 fully saturated rings. The van der Waals surface area contributed by atoms with Crippen LogP contribution in [0.4, 0.5) is 0 Å². The first-order chi connectivity index (χ1) is 17.9. The molecule has 0 unspecified atom stereocenters. The molecule has 5 aromatic rings. The van der Waals surface area contributed by atoms with Crippen molar-refractivity contribution < 1.29 is 9.47 Å². The molecule has 3 nitrogen and oxygen atoms in total. The molecule has 0 atom stereocenters. The Hall–Kier alpha value is -3.57. The summed E-state index contributed by atoms with van der Waals surface area (Å²) in [5.41, 5.74) is 9.73. The van der Waals surface area contributed by atoms with Crippen molar-refractivity contribution in [1.82, 2.24) is 4.98 Å². The van der Waals surface area contributed by atoms with Crippen molar-refractivity contribution >= 4 is 44.0 Å². The molecule has 1 aliphatic carbocycles. The number of nitrogens with zero attached hydrogens (tertiary/aromatic N) is 1. The maximum atomic E-state index is 6.74. The van der Waals surface area contributed by atoms with Gasteiger partial charge in [-0.2, -0.15) is 0 Å². The Kier molecular flexibility index (Phi) is 4.22. The van der Waals surface area contributed by atoms with Gasteiger partial charge in [0.05, 0.1) is 5.59 Å². The van der Waals surface area contributed by atoms with Gasteiger partial charge in [-0.3, -0.25) is 4.98 Å². The molecule has 2 aromatic heterocycles. The van der Waals surface area contributed by atoms with E-state index < -0.39 is 0 Å². The third kappa shape index (κ3) is 2.98. The normalized spacial score (nSPS) is 14.6. The highest BCUT2D eigenvalue weighted by atomic mass is 32.1. The van der Waals surface area contributed by atoms with E-state index in [4.69, 9.17) is 14.5 Å². The lowest BCUT2D eigenvalue weighted by atomic mass is 9.39. The van der Waals surface area contributed by atoms with Crippen LogP contribution in [0.5, 0.6) is 23.0 Å². The molecule has 0 bridgehead atoms. The van der Waals surface area contributed by atoms with Gasteiger partial charge in [0.2, 0.25) is 0 Å². The number of ether oxygens (including phenoxy) is 2. The quantitative estimate of drug-likeness (QED) is 0.245. The molecule has 0 spiro atoms. The molecule has 0 saturated heterocycles. The highest BCUT2D eigenvalue weighted by Crippen LogP contribution is 2.46. The summed E-state index contributed by atoms with van der Waals surface area (Å²) in [5.74, 6) is 3.79. The topological polar surface area (TPSA) is 31.4 Å². The highest BCUT2D eigenvalue weighted by molar-refractivity contribution is 7.33. The average molecular weight is 499 g/mol. The number of hydrogen-bond acceptors (Lipinski definition) is 4. The fourth-order valence-corrected chi connectivity index (χ4v) is 7.29. The molecule has 3 aliphatic rings. The second-order valence-electron chi connectivity index (χ2n) is 11.6. The van der Waals surface area contributed by atoms with E-state index in [1.54, 1.807) is 0 Å². The van der Waals surface area contributed by atoms with E-state index in [9.17, 15) is 0 Å². The van der Waals surface area contributed by atoms with Gasteiger partial charge in [-0.15, -0.1) is 11.3 Å². The Morgan fingerprint density at radius 1 is 0.919 bits per heavy atom. The van der Waals surface area contributed by atoms with Crippen LogP contribution in [0.15, 0.2) is 60.8 Å². The van der Waals surface area contributed by atoms with Crippen LogP contribution >= 0.6 is 11.3 Å². The van der Waals surface area contributed by atoms with Crippen LogP contribution < -0.4 is 25.3 Å². The van der Waals surface area contributed by atoms with E-state index in [0.717, 1.165) is 52.5 Å². The summed E-state index contributed by atoms with van der Waals surface area (Å²) in [6.45, 7) is 8.96. The second kappa shape index (κ2) is 7.26. The molecule has 3 aromatic carbocycles. The number of pyridine rings is 1. The van der Waals surface area contributed by atoms with Crippen LogP contribution in [0, 0.1) is 6.92 Å².